The second kappa shape index (κ2) is 7.05. The van der Waals surface area contributed by atoms with E-state index in [4.69, 9.17) is 5.73 Å². The van der Waals surface area contributed by atoms with Crippen LogP contribution in [0.2, 0.25) is 0 Å². The number of H-pyrrole nitrogens is 1. The maximum absolute atomic E-state index is 12.0. The molecule has 6 heteroatoms. The van der Waals surface area contributed by atoms with Crippen molar-refractivity contribution in [1.29, 1.82) is 0 Å². The largest absolute Gasteiger partial charge is 0.368 e. The summed E-state index contributed by atoms with van der Waals surface area (Å²) in [4.78, 5) is 14.3. The number of hydrogen-bond donors (Lipinski definition) is 3. The first kappa shape index (κ1) is 16.5. The van der Waals surface area contributed by atoms with Crippen molar-refractivity contribution in [1.82, 2.24) is 15.5 Å². The smallest absolute Gasteiger partial charge is 0.250 e. The highest BCUT2D eigenvalue weighted by Crippen LogP contribution is 2.28. The summed E-state index contributed by atoms with van der Waals surface area (Å²) in [5, 5.41) is 10.3. The van der Waals surface area contributed by atoms with E-state index in [1.54, 1.807) is 6.20 Å². The van der Waals surface area contributed by atoms with Gasteiger partial charge < -0.3 is 16.0 Å². The van der Waals surface area contributed by atoms with Gasteiger partial charge in [-0.05, 0) is 30.0 Å². The minimum Gasteiger partial charge on any atom is -0.368 e. The minimum absolute atomic E-state index is 0.394. The Hall–Kier alpha value is -2.34. The van der Waals surface area contributed by atoms with Gasteiger partial charge >= 0.3 is 0 Å². The number of primary amides is 1. The molecule has 0 spiro atoms. The third kappa shape index (κ3) is 3.59. The van der Waals surface area contributed by atoms with Crippen LogP contribution < -0.4 is 16.0 Å². The zero-order chi connectivity index (χ0) is 17.1. The molecule has 0 radical (unpaired) electrons. The average Bonchev–Trinajstić information content (AvgIpc) is 3.08. The molecule has 1 aliphatic heterocycles. The number of piperazine rings is 1. The summed E-state index contributed by atoms with van der Waals surface area (Å²) >= 11 is 0. The van der Waals surface area contributed by atoms with Crippen LogP contribution in [0, 0.1) is 5.92 Å². The predicted molar refractivity (Wildman–Crippen MR) is 96.0 cm³/mol. The lowest BCUT2D eigenvalue weighted by Crippen LogP contribution is -2.51. The van der Waals surface area contributed by atoms with E-state index < -0.39 is 5.91 Å². The van der Waals surface area contributed by atoms with Gasteiger partial charge in [0.15, 0.2) is 0 Å². The van der Waals surface area contributed by atoms with Crippen LogP contribution in [-0.2, 0) is 0 Å². The highest BCUT2D eigenvalue weighted by molar-refractivity contribution is 6.00. The van der Waals surface area contributed by atoms with E-state index in [0.717, 1.165) is 42.9 Å². The lowest BCUT2D eigenvalue weighted by atomic mass is 9.99. The van der Waals surface area contributed by atoms with E-state index in [1.807, 2.05) is 24.4 Å². The first-order valence-electron chi connectivity index (χ1n) is 8.46. The molecule has 4 N–H and O–H groups in total. The molecule has 1 fully saturated rings. The quantitative estimate of drug-likeness (QED) is 0.784. The molecule has 24 heavy (non-hydrogen) atoms. The third-order valence-corrected chi connectivity index (χ3v) is 4.45. The van der Waals surface area contributed by atoms with Crippen molar-refractivity contribution >= 4 is 11.6 Å². The monoisotopic (exact) mass is 327 g/mol. The van der Waals surface area contributed by atoms with Crippen LogP contribution in [0.1, 0.15) is 30.6 Å². The molecule has 2 aromatic rings. The van der Waals surface area contributed by atoms with Crippen molar-refractivity contribution in [3.63, 3.8) is 0 Å². The Morgan fingerprint density at radius 2 is 2.25 bits per heavy atom. The summed E-state index contributed by atoms with van der Waals surface area (Å²) in [6.07, 6.45) is 4.67. The van der Waals surface area contributed by atoms with Crippen LogP contribution in [0.15, 0.2) is 30.6 Å². The number of hydrogen-bond acceptors (Lipinski definition) is 4. The first-order chi connectivity index (χ1) is 11.5. The number of anilines is 1. The molecule has 1 aliphatic rings. The summed E-state index contributed by atoms with van der Waals surface area (Å²) in [5.41, 5.74) is 9.03. The number of nitrogens with one attached hydrogen (secondary N) is 2. The molecule has 1 unspecified atom stereocenters. The Morgan fingerprint density at radius 1 is 1.42 bits per heavy atom. The molecule has 1 amide bonds. The molecule has 128 valence electrons. The number of amides is 1. The molecule has 2 heterocycles. The average molecular weight is 327 g/mol. The van der Waals surface area contributed by atoms with Gasteiger partial charge in [-0.15, -0.1) is 0 Å². The molecule has 0 aliphatic carbocycles. The lowest BCUT2D eigenvalue weighted by Gasteiger charge is -2.36. The van der Waals surface area contributed by atoms with Gasteiger partial charge in [0, 0.05) is 43.1 Å². The number of carbonyl (C=O) groups excluding carboxylic acids is 1. The van der Waals surface area contributed by atoms with E-state index in [2.05, 4.69) is 34.3 Å². The van der Waals surface area contributed by atoms with Gasteiger partial charge in [0.1, 0.15) is 0 Å². The summed E-state index contributed by atoms with van der Waals surface area (Å²) in [5.74, 6) is 0.246. The van der Waals surface area contributed by atoms with Gasteiger partial charge in [0.05, 0.1) is 11.8 Å². The maximum atomic E-state index is 12.0. The fraction of sp³-hybridized carbons (Fsp3) is 0.444. The highest BCUT2D eigenvalue weighted by atomic mass is 16.1. The SMILES string of the molecule is CC(C)CC1CN(c2ccc(-c3cn[nH]c3)cc2C(N)=O)CCN1. The van der Waals surface area contributed by atoms with Gasteiger partial charge in [0.2, 0.25) is 0 Å². The second-order valence-electron chi connectivity index (χ2n) is 6.81. The van der Waals surface area contributed by atoms with Crippen molar-refractivity contribution in [3.8, 4) is 11.1 Å². The number of benzene rings is 1. The fourth-order valence-electron chi connectivity index (χ4n) is 3.37. The number of aromatic nitrogens is 2. The van der Waals surface area contributed by atoms with Gasteiger partial charge in [-0.2, -0.15) is 5.10 Å². The molecular formula is C18H25N5O. The number of rotatable bonds is 5. The summed E-state index contributed by atoms with van der Waals surface area (Å²) in [6, 6.07) is 6.32. The van der Waals surface area contributed by atoms with E-state index in [0.29, 0.717) is 17.5 Å². The number of aromatic amines is 1. The highest BCUT2D eigenvalue weighted by Gasteiger charge is 2.23. The standard InChI is InChI=1S/C18H25N5O/c1-12(2)7-15-11-23(6-5-20-15)17-4-3-13(8-16(17)18(19)24)14-9-21-22-10-14/h3-4,8-10,12,15,20H,5-7,11H2,1-2H3,(H2,19,24)(H,21,22). The van der Waals surface area contributed by atoms with Crippen molar-refractivity contribution in [2.45, 2.75) is 26.3 Å². The topological polar surface area (TPSA) is 87.0 Å². The minimum atomic E-state index is -0.394. The molecule has 1 atom stereocenters. The van der Waals surface area contributed by atoms with Crippen molar-refractivity contribution in [2.75, 3.05) is 24.5 Å². The van der Waals surface area contributed by atoms with Crippen LogP contribution >= 0.6 is 0 Å². The Kier molecular flexibility index (Phi) is 4.85. The zero-order valence-corrected chi connectivity index (χ0v) is 14.2. The van der Waals surface area contributed by atoms with Gasteiger partial charge in [0.25, 0.3) is 5.91 Å². The molecule has 3 rings (SSSR count). The van der Waals surface area contributed by atoms with Crippen LogP contribution in [0.4, 0.5) is 5.69 Å². The molecule has 0 bridgehead atoms. The van der Waals surface area contributed by atoms with Crippen molar-refractivity contribution in [2.24, 2.45) is 11.7 Å². The summed E-state index contributed by atoms with van der Waals surface area (Å²) in [6.45, 7) is 7.15. The third-order valence-electron chi connectivity index (χ3n) is 4.45. The Labute approximate surface area is 142 Å². The van der Waals surface area contributed by atoms with Gasteiger partial charge in [-0.25, -0.2) is 0 Å². The molecule has 6 nitrogen and oxygen atoms in total. The molecule has 1 saturated heterocycles. The zero-order valence-electron chi connectivity index (χ0n) is 14.2. The van der Waals surface area contributed by atoms with Crippen LogP contribution in [0.25, 0.3) is 11.1 Å². The van der Waals surface area contributed by atoms with Gasteiger partial charge in [-0.1, -0.05) is 19.9 Å². The van der Waals surface area contributed by atoms with Gasteiger partial charge in [-0.3, -0.25) is 9.89 Å². The Bertz CT molecular complexity index is 695. The maximum Gasteiger partial charge on any atom is 0.250 e. The summed E-state index contributed by atoms with van der Waals surface area (Å²) in [7, 11) is 0. The molecular weight excluding hydrogens is 302 g/mol. The predicted octanol–water partition coefficient (Wildman–Crippen LogP) is 2.00. The molecule has 1 aromatic carbocycles. The Balaban J connectivity index is 1.88. The molecule has 1 aromatic heterocycles. The molecule has 0 saturated carbocycles. The number of nitrogens with zero attached hydrogens (tertiary/aromatic N) is 2. The van der Waals surface area contributed by atoms with Crippen molar-refractivity contribution < 1.29 is 4.79 Å². The number of carbonyl (C=O) groups is 1. The van der Waals surface area contributed by atoms with Crippen LogP contribution in [0.3, 0.4) is 0 Å². The van der Waals surface area contributed by atoms with E-state index in [9.17, 15) is 4.79 Å². The van der Waals surface area contributed by atoms with E-state index in [1.165, 1.54) is 0 Å². The first-order valence-corrected chi connectivity index (χ1v) is 8.46. The van der Waals surface area contributed by atoms with E-state index >= 15 is 0 Å². The second-order valence-corrected chi connectivity index (χ2v) is 6.81. The number of nitrogens with two attached hydrogens (primary N) is 1. The Morgan fingerprint density at radius 3 is 2.92 bits per heavy atom. The normalized spacial score (nSPS) is 18.1. The lowest BCUT2D eigenvalue weighted by molar-refractivity contribution is 0.100. The van der Waals surface area contributed by atoms with Crippen LogP contribution in [0.5, 0.6) is 0 Å². The summed E-state index contributed by atoms with van der Waals surface area (Å²) < 4.78 is 0. The van der Waals surface area contributed by atoms with E-state index in [-0.39, 0.29) is 0 Å². The fourth-order valence-corrected chi connectivity index (χ4v) is 3.37. The van der Waals surface area contributed by atoms with Crippen LogP contribution in [-0.4, -0.2) is 41.8 Å². The van der Waals surface area contributed by atoms with Crippen molar-refractivity contribution in [3.05, 3.63) is 36.2 Å².